The Kier molecular flexibility index (Phi) is 2.94. The number of rotatable bonds is 2. The molecule has 8 heteroatoms. The second-order valence-electron chi connectivity index (χ2n) is 4.41. The molecule has 1 aliphatic rings. The summed E-state index contributed by atoms with van der Waals surface area (Å²) in [7, 11) is 0. The fourth-order valence-corrected chi connectivity index (χ4v) is 2.82. The van der Waals surface area contributed by atoms with Gasteiger partial charge in [0, 0.05) is 26.2 Å². The number of aryl methyl sites for hydroxylation is 1. The van der Waals surface area contributed by atoms with Crippen molar-refractivity contribution < 1.29 is 9.59 Å². The Balaban J connectivity index is 1.76. The summed E-state index contributed by atoms with van der Waals surface area (Å²) in [6.07, 6.45) is 2.48. The van der Waals surface area contributed by atoms with Gasteiger partial charge in [0.2, 0.25) is 11.4 Å². The van der Waals surface area contributed by atoms with Gasteiger partial charge >= 0.3 is 0 Å². The molecule has 3 heterocycles. The van der Waals surface area contributed by atoms with Crippen molar-refractivity contribution in [3.05, 3.63) is 16.9 Å². The molecule has 0 saturated carbocycles. The van der Waals surface area contributed by atoms with E-state index >= 15 is 0 Å². The van der Waals surface area contributed by atoms with E-state index in [0.29, 0.717) is 31.9 Å². The van der Waals surface area contributed by atoms with Gasteiger partial charge in [-0.05, 0) is 6.92 Å². The van der Waals surface area contributed by atoms with E-state index in [1.165, 1.54) is 11.3 Å². The third-order valence-electron chi connectivity index (χ3n) is 3.11. The first-order chi connectivity index (χ1) is 9.17. The third kappa shape index (κ3) is 2.19. The largest absolute Gasteiger partial charge is 0.342 e. The predicted molar refractivity (Wildman–Crippen MR) is 69.1 cm³/mol. The topological polar surface area (TPSA) is 70.8 Å². The average molecular weight is 279 g/mol. The van der Waals surface area contributed by atoms with Gasteiger partial charge in [-0.3, -0.25) is 9.59 Å². The lowest BCUT2D eigenvalue weighted by Gasteiger charge is -2.32. The van der Waals surface area contributed by atoms with Crippen molar-refractivity contribution in [3.63, 3.8) is 0 Å². The lowest BCUT2D eigenvalue weighted by atomic mass is 10.3. The predicted octanol–water partition coefficient (Wildman–Crippen LogP) is 0.0134. The summed E-state index contributed by atoms with van der Waals surface area (Å²) in [5.74, 6) is -0.0964. The van der Waals surface area contributed by atoms with Crippen molar-refractivity contribution in [2.45, 2.75) is 6.92 Å². The fourth-order valence-electron chi connectivity index (χ4n) is 2.10. The zero-order chi connectivity index (χ0) is 13.4. The Morgan fingerprint density at radius 1 is 1.37 bits per heavy atom. The highest BCUT2D eigenvalue weighted by Gasteiger charge is 2.23. The van der Waals surface area contributed by atoms with Crippen molar-refractivity contribution in [1.29, 1.82) is 0 Å². The molecule has 100 valence electrons. The van der Waals surface area contributed by atoms with Gasteiger partial charge < -0.3 is 9.80 Å². The van der Waals surface area contributed by atoms with E-state index in [0.717, 1.165) is 16.4 Å². The molecular weight excluding hydrogens is 266 g/mol. The molecule has 19 heavy (non-hydrogen) atoms. The minimum atomic E-state index is -0.0964. The van der Waals surface area contributed by atoms with E-state index in [9.17, 15) is 9.59 Å². The molecule has 0 aromatic carbocycles. The molecule has 1 aliphatic heterocycles. The van der Waals surface area contributed by atoms with Gasteiger partial charge in [0.15, 0.2) is 0 Å². The molecule has 0 N–H and O–H groups in total. The van der Waals surface area contributed by atoms with Crippen molar-refractivity contribution in [3.8, 4) is 0 Å². The quantitative estimate of drug-likeness (QED) is 0.726. The molecule has 1 fully saturated rings. The van der Waals surface area contributed by atoms with Crippen molar-refractivity contribution in [1.82, 2.24) is 24.4 Å². The van der Waals surface area contributed by atoms with E-state index in [1.54, 1.807) is 20.5 Å². The van der Waals surface area contributed by atoms with Gasteiger partial charge in [-0.2, -0.15) is 5.10 Å². The van der Waals surface area contributed by atoms with Crippen LogP contribution in [-0.4, -0.2) is 62.9 Å². The smallest absolute Gasteiger partial charge is 0.274 e. The number of piperazine rings is 1. The fraction of sp³-hybridized carbons (Fsp3) is 0.455. The van der Waals surface area contributed by atoms with Crippen LogP contribution in [0.4, 0.5) is 0 Å². The van der Waals surface area contributed by atoms with E-state index < -0.39 is 0 Å². The second-order valence-corrected chi connectivity index (χ2v) is 5.57. The number of carbonyl (C=O) groups is 2. The molecule has 7 nitrogen and oxygen atoms in total. The molecule has 1 saturated heterocycles. The molecule has 2 aromatic rings. The minimum absolute atomic E-state index is 0.0964. The zero-order valence-corrected chi connectivity index (χ0v) is 11.3. The lowest BCUT2D eigenvalue weighted by molar-refractivity contribution is -0.119. The van der Waals surface area contributed by atoms with Crippen LogP contribution in [-0.2, 0) is 4.79 Å². The van der Waals surface area contributed by atoms with Gasteiger partial charge in [0.25, 0.3) is 5.91 Å². The summed E-state index contributed by atoms with van der Waals surface area (Å²) in [4.78, 5) is 31.3. The molecule has 2 aromatic heterocycles. The Hall–Kier alpha value is -1.96. The molecule has 0 aliphatic carbocycles. The highest BCUT2D eigenvalue weighted by Crippen LogP contribution is 2.15. The standard InChI is InChI=1S/C11H13N5O2S/c1-8-13-16-6-9(12-11(16)19-8)10(18)15-4-2-14(7-17)3-5-15/h6-7H,2-5H2,1H3. The number of hydrogen-bond acceptors (Lipinski definition) is 5. The van der Waals surface area contributed by atoms with Gasteiger partial charge in [0.05, 0.1) is 6.20 Å². The van der Waals surface area contributed by atoms with Gasteiger partial charge in [-0.25, -0.2) is 9.50 Å². The number of fused-ring (bicyclic) bond motifs is 1. The summed E-state index contributed by atoms with van der Waals surface area (Å²) < 4.78 is 1.63. The highest BCUT2D eigenvalue weighted by molar-refractivity contribution is 7.16. The number of imidazole rings is 1. The molecule has 0 spiro atoms. The van der Waals surface area contributed by atoms with E-state index in [4.69, 9.17) is 0 Å². The molecule has 2 amide bonds. The van der Waals surface area contributed by atoms with Crippen LogP contribution in [0.5, 0.6) is 0 Å². The van der Waals surface area contributed by atoms with Gasteiger partial charge in [-0.15, -0.1) is 0 Å². The maximum absolute atomic E-state index is 12.3. The highest BCUT2D eigenvalue weighted by atomic mass is 32.1. The average Bonchev–Trinajstić information content (AvgIpc) is 2.95. The number of hydrogen-bond donors (Lipinski definition) is 0. The Morgan fingerprint density at radius 2 is 2.11 bits per heavy atom. The molecule has 0 atom stereocenters. The lowest BCUT2D eigenvalue weighted by Crippen LogP contribution is -2.48. The minimum Gasteiger partial charge on any atom is -0.342 e. The van der Waals surface area contributed by atoms with Crippen LogP contribution in [0.1, 0.15) is 15.5 Å². The first-order valence-electron chi connectivity index (χ1n) is 5.99. The van der Waals surface area contributed by atoms with E-state index in [-0.39, 0.29) is 5.91 Å². The SMILES string of the molecule is Cc1nn2cc(C(=O)N3CCN(C=O)CC3)nc2s1. The summed E-state index contributed by atoms with van der Waals surface area (Å²) in [6.45, 7) is 4.16. The third-order valence-corrected chi connectivity index (χ3v) is 3.95. The van der Waals surface area contributed by atoms with Crippen molar-refractivity contribution in [2.75, 3.05) is 26.2 Å². The van der Waals surface area contributed by atoms with E-state index in [1.807, 2.05) is 6.92 Å². The maximum atomic E-state index is 12.3. The molecule has 0 radical (unpaired) electrons. The Morgan fingerprint density at radius 3 is 2.74 bits per heavy atom. The molecule has 3 rings (SSSR count). The van der Waals surface area contributed by atoms with Crippen molar-refractivity contribution in [2.24, 2.45) is 0 Å². The molecule has 0 unspecified atom stereocenters. The second kappa shape index (κ2) is 4.61. The van der Waals surface area contributed by atoms with Crippen LogP contribution in [0.3, 0.4) is 0 Å². The van der Waals surface area contributed by atoms with Crippen molar-refractivity contribution >= 4 is 28.6 Å². The first kappa shape index (κ1) is 12.1. The van der Waals surface area contributed by atoms with Crippen LogP contribution in [0, 0.1) is 6.92 Å². The van der Waals surface area contributed by atoms with Crippen LogP contribution in [0.15, 0.2) is 6.20 Å². The van der Waals surface area contributed by atoms with Crippen LogP contribution in [0.25, 0.3) is 4.96 Å². The Bertz CT molecular complexity index is 595. The van der Waals surface area contributed by atoms with Gasteiger partial charge in [0.1, 0.15) is 10.7 Å². The monoisotopic (exact) mass is 279 g/mol. The number of aromatic nitrogens is 3. The van der Waals surface area contributed by atoms with Gasteiger partial charge in [-0.1, -0.05) is 11.3 Å². The maximum Gasteiger partial charge on any atom is 0.274 e. The zero-order valence-electron chi connectivity index (χ0n) is 10.4. The first-order valence-corrected chi connectivity index (χ1v) is 6.80. The summed E-state index contributed by atoms with van der Waals surface area (Å²) >= 11 is 1.46. The molecule has 0 bridgehead atoms. The van der Waals surface area contributed by atoms with Crippen LogP contribution >= 0.6 is 11.3 Å². The van der Waals surface area contributed by atoms with E-state index in [2.05, 4.69) is 10.1 Å². The van der Waals surface area contributed by atoms with Crippen LogP contribution < -0.4 is 0 Å². The summed E-state index contributed by atoms with van der Waals surface area (Å²) in [6, 6.07) is 0. The number of carbonyl (C=O) groups excluding carboxylic acids is 2. The summed E-state index contributed by atoms with van der Waals surface area (Å²) in [5.41, 5.74) is 0.415. The number of amides is 2. The molecular formula is C11H13N5O2S. The summed E-state index contributed by atoms with van der Waals surface area (Å²) in [5, 5.41) is 5.15. The van der Waals surface area contributed by atoms with Crippen LogP contribution in [0.2, 0.25) is 0 Å². The normalized spacial score (nSPS) is 16.1. The number of nitrogens with zero attached hydrogens (tertiary/aromatic N) is 5. The Labute approximate surface area is 113 Å².